The highest BCUT2D eigenvalue weighted by Crippen LogP contribution is 2.28. The standard InChI is InChI=1S/C15H19N5S/c1-12(2)19-15(10-16,13-6-4-3-5-7-13)8-9-21-14-17-11-18-20-14/h3-7,11-12,19H,8-9H2,1-2H3,(H,17,18,20). The lowest BCUT2D eigenvalue weighted by molar-refractivity contribution is 0.378. The molecule has 2 aromatic rings. The van der Waals surface area contributed by atoms with Gasteiger partial charge in [-0.05, 0) is 25.8 Å². The summed E-state index contributed by atoms with van der Waals surface area (Å²) >= 11 is 1.57. The van der Waals surface area contributed by atoms with Crippen LogP contribution in [0.2, 0.25) is 0 Å². The molecule has 0 fully saturated rings. The maximum atomic E-state index is 9.78. The van der Waals surface area contributed by atoms with Crippen molar-refractivity contribution in [1.82, 2.24) is 20.5 Å². The van der Waals surface area contributed by atoms with Crippen molar-refractivity contribution in [2.45, 2.75) is 37.0 Å². The van der Waals surface area contributed by atoms with Gasteiger partial charge in [-0.1, -0.05) is 42.1 Å². The lowest BCUT2D eigenvalue weighted by Gasteiger charge is -2.30. The maximum absolute atomic E-state index is 9.78. The van der Waals surface area contributed by atoms with E-state index in [2.05, 4.69) is 40.4 Å². The molecule has 6 heteroatoms. The Morgan fingerprint density at radius 1 is 1.38 bits per heavy atom. The van der Waals surface area contributed by atoms with Gasteiger partial charge in [0.05, 0.1) is 6.07 Å². The zero-order chi connectivity index (χ0) is 15.1. The third-order valence-corrected chi connectivity index (χ3v) is 3.98. The predicted octanol–water partition coefficient (Wildman–Crippen LogP) is 2.70. The molecule has 110 valence electrons. The van der Waals surface area contributed by atoms with Crippen LogP contribution in [0.4, 0.5) is 0 Å². The number of aromatic amines is 1. The molecule has 0 aliphatic rings. The largest absolute Gasteiger partial charge is 0.293 e. The first-order valence-electron chi connectivity index (χ1n) is 6.89. The van der Waals surface area contributed by atoms with Crippen LogP contribution in [0.1, 0.15) is 25.8 Å². The summed E-state index contributed by atoms with van der Waals surface area (Å²) in [4.78, 5) is 4.09. The van der Waals surface area contributed by atoms with E-state index in [0.717, 1.165) is 16.5 Å². The molecule has 2 N–H and O–H groups in total. The number of benzene rings is 1. The van der Waals surface area contributed by atoms with Crippen molar-refractivity contribution in [2.24, 2.45) is 0 Å². The maximum Gasteiger partial charge on any atom is 0.183 e. The van der Waals surface area contributed by atoms with Crippen molar-refractivity contribution in [2.75, 3.05) is 5.75 Å². The molecule has 0 saturated carbocycles. The Bertz CT molecular complexity index is 576. The van der Waals surface area contributed by atoms with Crippen LogP contribution >= 0.6 is 11.8 Å². The molecular formula is C15H19N5S. The summed E-state index contributed by atoms with van der Waals surface area (Å²) in [7, 11) is 0. The van der Waals surface area contributed by atoms with E-state index < -0.39 is 5.54 Å². The number of hydrogen-bond donors (Lipinski definition) is 2. The van der Waals surface area contributed by atoms with Gasteiger partial charge in [0.25, 0.3) is 0 Å². The number of nitrogens with one attached hydrogen (secondary N) is 2. The quantitative estimate of drug-likeness (QED) is 0.769. The molecule has 21 heavy (non-hydrogen) atoms. The minimum absolute atomic E-state index is 0.222. The summed E-state index contributed by atoms with van der Waals surface area (Å²) < 4.78 is 0. The van der Waals surface area contributed by atoms with Crippen LogP contribution in [-0.4, -0.2) is 27.0 Å². The molecule has 0 aliphatic heterocycles. The zero-order valence-electron chi connectivity index (χ0n) is 12.2. The van der Waals surface area contributed by atoms with Gasteiger partial charge >= 0.3 is 0 Å². The fourth-order valence-corrected chi connectivity index (χ4v) is 3.07. The van der Waals surface area contributed by atoms with Gasteiger partial charge in [-0.15, -0.1) is 0 Å². The minimum Gasteiger partial charge on any atom is -0.293 e. The van der Waals surface area contributed by atoms with E-state index in [1.165, 1.54) is 6.33 Å². The first-order chi connectivity index (χ1) is 10.2. The van der Waals surface area contributed by atoms with Crippen LogP contribution in [0, 0.1) is 11.3 Å². The first kappa shape index (κ1) is 15.5. The SMILES string of the molecule is CC(C)NC(C#N)(CCSc1ncn[nH]1)c1ccccc1. The number of nitrogens with zero attached hydrogens (tertiary/aromatic N) is 3. The summed E-state index contributed by atoms with van der Waals surface area (Å²) in [6, 6.07) is 12.6. The smallest absolute Gasteiger partial charge is 0.183 e. The molecule has 1 atom stereocenters. The molecule has 1 unspecified atom stereocenters. The van der Waals surface area contributed by atoms with Crippen molar-refractivity contribution in [3.05, 3.63) is 42.2 Å². The summed E-state index contributed by atoms with van der Waals surface area (Å²) in [6.45, 7) is 4.11. The number of rotatable bonds is 7. The number of H-pyrrole nitrogens is 1. The highest BCUT2D eigenvalue weighted by Gasteiger charge is 2.32. The van der Waals surface area contributed by atoms with Crippen LogP contribution in [0.3, 0.4) is 0 Å². The molecular weight excluding hydrogens is 282 g/mol. The highest BCUT2D eigenvalue weighted by molar-refractivity contribution is 7.99. The molecule has 0 radical (unpaired) electrons. The van der Waals surface area contributed by atoms with Crippen LogP contribution in [0.25, 0.3) is 0 Å². The van der Waals surface area contributed by atoms with Gasteiger partial charge in [-0.3, -0.25) is 10.4 Å². The van der Waals surface area contributed by atoms with Gasteiger partial charge in [0.2, 0.25) is 0 Å². The van der Waals surface area contributed by atoms with Gasteiger partial charge in [0.15, 0.2) is 5.16 Å². The van der Waals surface area contributed by atoms with Crippen molar-refractivity contribution < 1.29 is 0 Å². The number of hydrogen-bond acceptors (Lipinski definition) is 5. The second-order valence-corrected chi connectivity index (χ2v) is 6.15. The van der Waals surface area contributed by atoms with E-state index in [9.17, 15) is 5.26 Å². The third kappa shape index (κ3) is 4.06. The number of aromatic nitrogens is 3. The van der Waals surface area contributed by atoms with Crippen molar-refractivity contribution in [3.63, 3.8) is 0 Å². The van der Waals surface area contributed by atoms with E-state index in [1.807, 2.05) is 30.3 Å². The van der Waals surface area contributed by atoms with E-state index in [-0.39, 0.29) is 6.04 Å². The van der Waals surface area contributed by atoms with Crippen LogP contribution in [0.15, 0.2) is 41.8 Å². The Morgan fingerprint density at radius 2 is 2.14 bits per heavy atom. The molecule has 1 aromatic heterocycles. The molecule has 0 saturated heterocycles. The molecule has 0 amide bonds. The fourth-order valence-electron chi connectivity index (χ4n) is 2.23. The van der Waals surface area contributed by atoms with E-state index in [0.29, 0.717) is 6.42 Å². The zero-order valence-corrected chi connectivity index (χ0v) is 13.0. The van der Waals surface area contributed by atoms with E-state index >= 15 is 0 Å². The number of thioether (sulfide) groups is 1. The monoisotopic (exact) mass is 301 g/mol. The molecule has 0 aliphatic carbocycles. The summed E-state index contributed by atoms with van der Waals surface area (Å²) in [5.41, 5.74) is 0.321. The Balaban J connectivity index is 2.13. The number of nitriles is 1. The van der Waals surface area contributed by atoms with Gasteiger partial charge in [0.1, 0.15) is 11.9 Å². The summed E-state index contributed by atoms with van der Waals surface area (Å²) in [5, 5.41) is 20.6. The van der Waals surface area contributed by atoms with Crippen molar-refractivity contribution >= 4 is 11.8 Å². The molecule has 1 heterocycles. The Hall–Kier alpha value is -1.84. The van der Waals surface area contributed by atoms with Crippen molar-refractivity contribution in [1.29, 1.82) is 5.26 Å². The summed E-state index contributed by atoms with van der Waals surface area (Å²) in [5.74, 6) is 0.775. The van der Waals surface area contributed by atoms with Gasteiger partial charge in [-0.2, -0.15) is 10.4 Å². The molecule has 5 nitrogen and oxygen atoms in total. The lowest BCUT2D eigenvalue weighted by Crippen LogP contribution is -2.45. The van der Waals surface area contributed by atoms with E-state index in [4.69, 9.17) is 0 Å². The topological polar surface area (TPSA) is 77.4 Å². The molecule has 1 aromatic carbocycles. The highest BCUT2D eigenvalue weighted by atomic mass is 32.2. The summed E-state index contributed by atoms with van der Waals surface area (Å²) in [6.07, 6.45) is 2.18. The minimum atomic E-state index is -0.678. The lowest BCUT2D eigenvalue weighted by atomic mass is 9.88. The molecule has 0 bridgehead atoms. The van der Waals surface area contributed by atoms with Gasteiger partial charge in [-0.25, -0.2) is 4.98 Å². The Labute approximate surface area is 129 Å². The first-order valence-corrected chi connectivity index (χ1v) is 7.87. The third-order valence-electron chi connectivity index (χ3n) is 3.10. The normalized spacial score (nSPS) is 13.8. The molecule has 2 rings (SSSR count). The molecule has 0 spiro atoms. The van der Waals surface area contributed by atoms with Crippen LogP contribution in [-0.2, 0) is 5.54 Å². The Kier molecular flexibility index (Phi) is 5.37. The van der Waals surface area contributed by atoms with Crippen molar-refractivity contribution in [3.8, 4) is 6.07 Å². The van der Waals surface area contributed by atoms with Crippen LogP contribution in [0.5, 0.6) is 0 Å². The van der Waals surface area contributed by atoms with E-state index in [1.54, 1.807) is 11.8 Å². The predicted molar refractivity (Wildman–Crippen MR) is 83.7 cm³/mol. The fraction of sp³-hybridized carbons (Fsp3) is 0.400. The average molecular weight is 301 g/mol. The average Bonchev–Trinajstić information content (AvgIpc) is 3.00. The van der Waals surface area contributed by atoms with Crippen LogP contribution < -0.4 is 5.32 Å². The Morgan fingerprint density at radius 3 is 2.71 bits per heavy atom. The van der Waals surface area contributed by atoms with Gasteiger partial charge < -0.3 is 0 Å². The second-order valence-electron chi connectivity index (χ2n) is 5.07. The second kappa shape index (κ2) is 7.25. The van der Waals surface area contributed by atoms with Gasteiger partial charge in [0, 0.05) is 11.8 Å².